The lowest BCUT2D eigenvalue weighted by Crippen LogP contribution is -2.40. The van der Waals surface area contributed by atoms with Crippen molar-refractivity contribution >= 4 is 6.03 Å². The van der Waals surface area contributed by atoms with Gasteiger partial charge in [0.15, 0.2) is 11.5 Å². The van der Waals surface area contributed by atoms with E-state index in [0.717, 1.165) is 29.0 Å². The first-order chi connectivity index (χ1) is 12.3. The van der Waals surface area contributed by atoms with Crippen molar-refractivity contribution in [3.63, 3.8) is 0 Å². The molecule has 1 aliphatic heterocycles. The van der Waals surface area contributed by atoms with E-state index in [-0.39, 0.29) is 6.03 Å². The van der Waals surface area contributed by atoms with E-state index >= 15 is 0 Å². The molecule has 2 aromatic carbocycles. The van der Waals surface area contributed by atoms with Crippen LogP contribution >= 0.6 is 0 Å². The Morgan fingerprint density at radius 3 is 2.56 bits per heavy atom. The fourth-order valence-corrected chi connectivity index (χ4v) is 2.80. The number of amides is 2. The van der Waals surface area contributed by atoms with Crippen LogP contribution in [-0.2, 0) is 13.0 Å². The molecule has 132 valence electrons. The molecule has 1 aliphatic rings. The lowest BCUT2D eigenvalue weighted by atomic mass is 10.1. The van der Waals surface area contributed by atoms with Gasteiger partial charge in [0.2, 0.25) is 0 Å². The fourth-order valence-electron chi connectivity index (χ4n) is 2.80. The average Bonchev–Trinajstić information content (AvgIpc) is 2.66. The molecule has 0 aromatic heterocycles. The summed E-state index contributed by atoms with van der Waals surface area (Å²) in [6, 6.07) is 15.9. The number of nitrogens with one attached hydrogen (secondary N) is 1. The van der Waals surface area contributed by atoms with Crippen LogP contribution in [0.25, 0.3) is 0 Å². The number of benzene rings is 2. The third-order valence-electron chi connectivity index (χ3n) is 4.18. The van der Waals surface area contributed by atoms with Crippen LogP contribution in [0.5, 0.6) is 11.5 Å². The Balaban J connectivity index is 1.49. The van der Waals surface area contributed by atoms with Gasteiger partial charge in [0, 0.05) is 19.6 Å². The van der Waals surface area contributed by atoms with Crippen molar-refractivity contribution in [2.45, 2.75) is 19.9 Å². The van der Waals surface area contributed by atoms with Gasteiger partial charge >= 0.3 is 6.03 Å². The lowest BCUT2D eigenvalue weighted by molar-refractivity contribution is 0.171. The molecule has 2 amide bonds. The summed E-state index contributed by atoms with van der Waals surface area (Å²) in [5, 5.41) is 3.00. The standard InChI is InChI=1S/C20H24N2O3/c1-2-22(15-17-6-4-3-5-7-17)20(23)21-11-10-16-8-9-18-19(14-16)25-13-12-24-18/h3-9,14H,2,10-13,15H2,1H3,(H,21,23). The van der Waals surface area contributed by atoms with Crippen LogP contribution in [0.1, 0.15) is 18.1 Å². The number of nitrogens with zero attached hydrogens (tertiary/aromatic N) is 1. The summed E-state index contributed by atoms with van der Waals surface area (Å²) in [7, 11) is 0. The highest BCUT2D eigenvalue weighted by Gasteiger charge is 2.13. The van der Waals surface area contributed by atoms with Crippen LogP contribution in [0.15, 0.2) is 48.5 Å². The van der Waals surface area contributed by atoms with Gasteiger partial charge in [-0.25, -0.2) is 4.79 Å². The quantitative estimate of drug-likeness (QED) is 0.878. The Bertz CT molecular complexity index is 703. The zero-order chi connectivity index (χ0) is 17.5. The van der Waals surface area contributed by atoms with E-state index in [1.54, 1.807) is 4.90 Å². The van der Waals surface area contributed by atoms with E-state index in [4.69, 9.17) is 9.47 Å². The highest BCUT2D eigenvalue weighted by molar-refractivity contribution is 5.74. The first-order valence-electron chi connectivity index (χ1n) is 8.71. The predicted octanol–water partition coefficient (Wildman–Crippen LogP) is 3.23. The van der Waals surface area contributed by atoms with Crippen molar-refractivity contribution in [2.75, 3.05) is 26.3 Å². The SMILES string of the molecule is CCN(Cc1ccccc1)C(=O)NCCc1ccc2c(c1)OCCO2. The number of hydrogen-bond donors (Lipinski definition) is 1. The molecule has 3 rings (SSSR count). The van der Waals surface area contributed by atoms with Gasteiger partial charge in [0.1, 0.15) is 13.2 Å². The minimum absolute atomic E-state index is 0.0381. The van der Waals surface area contributed by atoms with Crippen molar-refractivity contribution in [1.29, 1.82) is 0 Å². The van der Waals surface area contributed by atoms with Crippen LogP contribution in [0.4, 0.5) is 4.79 Å². The third-order valence-corrected chi connectivity index (χ3v) is 4.18. The number of hydrogen-bond acceptors (Lipinski definition) is 3. The number of ether oxygens (including phenoxy) is 2. The summed E-state index contributed by atoms with van der Waals surface area (Å²) in [5.41, 5.74) is 2.25. The minimum Gasteiger partial charge on any atom is -0.486 e. The number of urea groups is 1. The number of fused-ring (bicyclic) bond motifs is 1. The van der Waals surface area contributed by atoms with Gasteiger partial charge in [0.25, 0.3) is 0 Å². The van der Waals surface area contributed by atoms with Gasteiger partial charge in [0.05, 0.1) is 0 Å². The minimum atomic E-state index is -0.0381. The fraction of sp³-hybridized carbons (Fsp3) is 0.350. The Morgan fingerprint density at radius 1 is 1.04 bits per heavy atom. The van der Waals surface area contributed by atoms with Crippen LogP contribution in [0.3, 0.4) is 0 Å². The van der Waals surface area contributed by atoms with Crippen molar-refractivity contribution in [2.24, 2.45) is 0 Å². The summed E-state index contributed by atoms with van der Waals surface area (Å²) in [6.07, 6.45) is 0.755. The van der Waals surface area contributed by atoms with E-state index < -0.39 is 0 Å². The molecular weight excluding hydrogens is 316 g/mol. The second kappa shape index (κ2) is 8.42. The maximum atomic E-state index is 12.4. The van der Waals surface area contributed by atoms with Crippen molar-refractivity contribution in [3.8, 4) is 11.5 Å². The molecule has 0 radical (unpaired) electrons. The molecule has 0 saturated heterocycles. The average molecular weight is 340 g/mol. The number of carbonyl (C=O) groups excluding carboxylic acids is 1. The summed E-state index contributed by atoms with van der Waals surface area (Å²) >= 11 is 0. The molecule has 0 unspecified atom stereocenters. The maximum absolute atomic E-state index is 12.4. The number of rotatable bonds is 6. The highest BCUT2D eigenvalue weighted by Crippen LogP contribution is 2.30. The van der Waals surface area contributed by atoms with Gasteiger partial charge < -0.3 is 19.7 Å². The predicted molar refractivity (Wildman–Crippen MR) is 97.1 cm³/mol. The Kier molecular flexibility index (Phi) is 5.77. The maximum Gasteiger partial charge on any atom is 0.317 e. The summed E-state index contributed by atoms with van der Waals surface area (Å²) in [4.78, 5) is 14.2. The Morgan fingerprint density at radius 2 is 1.80 bits per heavy atom. The summed E-state index contributed by atoms with van der Waals surface area (Å²) in [5.74, 6) is 1.58. The van der Waals surface area contributed by atoms with E-state index in [1.807, 2.05) is 55.5 Å². The second-order valence-corrected chi connectivity index (χ2v) is 5.96. The van der Waals surface area contributed by atoms with Crippen molar-refractivity contribution in [3.05, 3.63) is 59.7 Å². The molecule has 0 fully saturated rings. The molecule has 1 heterocycles. The second-order valence-electron chi connectivity index (χ2n) is 5.96. The first-order valence-corrected chi connectivity index (χ1v) is 8.71. The summed E-state index contributed by atoms with van der Waals surface area (Å²) in [6.45, 7) is 5.04. The zero-order valence-electron chi connectivity index (χ0n) is 14.5. The molecule has 0 spiro atoms. The Hall–Kier alpha value is -2.69. The Labute approximate surface area is 148 Å². The molecule has 0 saturated carbocycles. The molecule has 0 bridgehead atoms. The molecule has 25 heavy (non-hydrogen) atoms. The smallest absolute Gasteiger partial charge is 0.317 e. The highest BCUT2D eigenvalue weighted by atomic mass is 16.6. The van der Waals surface area contributed by atoms with Gasteiger partial charge in [-0.15, -0.1) is 0 Å². The molecular formula is C20H24N2O3. The molecule has 5 heteroatoms. The third kappa shape index (κ3) is 4.66. The first kappa shape index (κ1) is 17.1. The van der Waals surface area contributed by atoms with Gasteiger partial charge in [-0.2, -0.15) is 0 Å². The molecule has 0 atom stereocenters. The largest absolute Gasteiger partial charge is 0.486 e. The molecule has 2 aromatic rings. The normalized spacial score (nSPS) is 12.5. The van der Waals surface area contributed by atoms with Crippen LogP contribution in [0, 0.1) is 0 Å². The van der Waals surface area contributed by atoms with Gasteiger partial charge in [-0.1, -0.05) is 36.4 Å². The monoisotopic (exact) mass is 340 g/mol. The lowest BCUT2D eigenvalue weighted by Gasteiger charge is -2.22. The van der Waals surface area contributed by atoms with Crippen LogP contribution < -0.4 is 14.8 Å². The molecule has 5 nitrogen and oxygen atoms in total. The topological polar surface area (TPSA) is 50.8 Å². The van der Waals surface area contributed by atoms with Crippen molar-refractivity contribution in [1.82, 2.24) is 10.2 Å². The number of carbonyl (C=O) groups is 1. The van der Waals surface area contributed by atoms with E-state index in [2.05, 4.69) is 5.32 Å². The van der Waals surface area contributed by atoms with Gasteiger partial charge in [-0.05, 0) is 36.6 Å². The molecule has 0 aliphatic carbocycles. The molecule has 1 N–H and O–H groups in total. The van der Waals surface area contributed by atoms with Crippen LogP contribution in [0.2, 0.25) is 0 Å². The summed E-state index contributed by atoms with van der Waals surface area (Å²) < 4.78 is 11.1. The van der Waals surface area contributed by atoms with Crippen molar-refractivity contribution < 1.29 is 14.3 Å². The van der Waals surface area contributed by atoms with Crippen LogP contribution in [-0.4, -0.2) is 37.2 Å². The van der Waals surface area contributed by atoms with Gasteiger partial charge in [-0.3, -0.25) is 0 Å². The van der Waals surface area contributed by atoms with E-state index in [1.165, 1.54) is 0 Å². The van der Waals surface area contributed by atoms with E-state index in [0.29, 0.717) is 32.8 Å². The zero-order valence-corrected chi connectivity index (χ0v) is 14.5. The van der Waals surface area contributed by atoms with E-state index in [9.17, 15) is 4.79 Å².